The molecule has 0 unspecified atom stereocenters. The van der Waals surface area contributed by atoms with Crippen molar-refractivity contribution in [3.8, 4) is 23.0 Å². The molecule has 9 nitrogen and oxygen atoms in total. The normalized spacial score (nSPS) is 11.7. The first-order valence-electron chi connectivity index (χ1n) is 10.1. The maximum absolute atomic E-state index is 12.7. The quantitative estimate of drug-likeness (QED) is 0.337. The third-order valence-corrected chi connectivity index (χ3v) is 5.03. The van der Waals surface area contributed by atoms with Crippen LogP contribution in [0.1, 0.15) is 27.6 Å². The maximum atomic E-state index is 12.7. The number of hydrogen-bond donors (Lipinski definition) is 1. The average molecular weight is 485 g/mol. The number of amides is 1. The van der Waals surface area contributed by atoms with Gasteiger partial charge in [0.15, 0.2) is 17.3 Å². The summed E-state index contributed by atoms with van der Waals surface area (Å²) in [7, 11) is 0. The minimum Gasteiger partial charge on any atom is -0.617 e. The minimum atomic E-state index is -0.866. The predicted octanol–water partition coefficient (Wildman–Crippen LogP) is 1.54. The van der Waals surface area contributed by atoms with Crippen LogP contribution in [0.2, 0.25) is 0 Å². The molecule has 0 radical (unpaired) electrons. The number of carbonyl (C=O) groups excluding carboxylic acids is 2. The first-order valence-corrected chi connectivity index (χ1v) is 10.1. The molecule has 1 aliphatic heterocycles. The molecule has 0 bridgehead atoms. The number of aromatic amines is 1. The summed E-state index contributed by atoms with van der Waals surface area (Å²) in [5.41, 5.74) is 0.159. The molecule has 3 heterocycles. The number of aromatic nitrogens is 1. The molecule has 0 spiro atoms. The van der Waals surface area contributed by atoms with Crippen molar-refractivity contribution in [3.05, 3.63) is 81.5 Å². The Hall–Kier alpha value is -2.89. The fourth-order valence-corrected chi connectivity index (χ4v) is 3.50. The Morgan fingerprint density at radius 3 is 2.53 bits per heavy atom. The topological polar surface area (TPSA) is 122 Å². The van der Waals surface area contributed by atoms with Crippen LogP contribution in [0.5, 0.6) is 11.5 Å². The second-order valence-corrected chi connectivity index (χ2v) is 7.14. The van der Waals surface area contributed by atoms with E-state index in [1.165, 1.54) is 6.07 Å². The fourth-order valence-electron chi connectivity index (χ4n) is 3.50. The second kappa shape index (κ2) is 10.2. The number of carbonyl (C=O) groups is 2. The molecule has 5 rings (SSSR count). The molecule has 1 aliphatic rings. The van der Waals surface area contributed by atoms with Gasteiger partial charge in [0.1, 0.15) is 5.56 Å². The Morgan fingerprint density at radius 2 is 1.79 bits per heavy atom. The predicted molar refractivity (Wildman–Crippen MR) is 118 cm³/mol. The molecule has 1 N–H and O–H groups in total. The number of rotatable bonds is 5. The van der Waals surface area contributed by atoms with Gasteiger partial charge in [-0.3, -0.25) is 0 Å². The van der Waals surface area contributed by atoms with Gasteiger partial charge in [-0.05, 0) is 30.3 Å². The van der Waals surface area contributed by atoms with Gasteiger partial charge in [-0.25, -0.2) is 9.59 Å². The Balaban J connectivity index is 0.00000274. The van der Waals surface area contributed by atoms with Crippen molar-refractivity contribution in [1.29, 1.82) is 0 Å². The maximum Gasteiger partial charge on any atom is 1.00 e. The van der Waals surface area contributed by atoms with Crippen molar-refractivity contribution >= 4 is 28.5 Å². The Kier molecular flexibility index (Phi) is 7.24. The summed E-state index contributed by atoms with van der Waals surface area (Å²) in [6.07, 6.45) is 0. The third-order valence-electron chi connectivity index (χ3n) is 5.03. The average Bonchev–Trinajstić information content (AvgIpc) is 3.45. The standard InChI is InChI=1S/C24H18N2O7.K/c1-2-30-23(28)15-10-18(26-22(27)13-6-4-3-5-7-13)24(29)33-21(15)17-8-14-9-19-20(32-12-31-19)11-16(14)25-17;/h3-11H,2,12H2,1H3,(H2,25,26,27,28,29);/q;+1/p-1. The number of H-pyrrole nitrogens is 1. The van der Waals surface area contributed by atoms with Crippen LogP contribution in [0.3, 0.4) is 0 Å². The van der Waals surface area contributed by atoms with Crippen LogP contribution in [-0.4, -0.2) is 30.3 Å². The van der Waals surface area contributed by atoms with E-state index >= 15 is 0 Å². The molecular formula is C24H17KN2O7. The van der Waals surface area contributed by atoms with E-state index in [1.54, 1.807) is 55.5 Å². The number of ether oxygens (including phenoxy) is 3. The van der Waals surface area contributed by atoms with E-state index in [-0.39, 0.29) is 81.8 Å². The number of benzene rings is 2. The van der Waals surface area contributed by atoms with Crippen LogP contribution in [-0.2, 0) is 4.74 Å². The monoisotopic (exact) mass is 484 g/mol. The summed E-state index contributed by atoms with van der Waals surface area (Å²) in [5.74, 6) is -0.203. The molecular weight excluding hydrogens is 467 g/mol. The van der Waals surface area contributed by atoms with Crippen LogP contribution in [0, 0.1) is 0 Å². The molecule has 4 aromatic rings. The van der Waals surface area contributed by atoms with E-state index in [0.29, 0.717) is 28.3 Å². The number of hydrogen-bond acceptors (Lipinski definition) is 7. The van der Waals surface area contributed by atoms with Gasteiger partial charge >= 0.3 is 63.0 Å². The van der Waals surface area contributed by atoms with Crippen molar-refractivity contribution in [2.45, 2.75) is 6.92 Å². The number of nitrogens with zero attached hydrogens (tertiary/aromatic N) is 1. The second-order valence-electron chi connectivity index (χ2n) is 7.14. The summed E-state index contributed by atoms with van der Waals surface area (Å²) in [4.78, 5) is 40.9. The van der Waals surface area contributed by atoms with E-state index in [1.807, 2.05) is 0 Å². The molecule has 0 saturated heterocycles. The Bertz CT molecular complexity index is 1400. The summed E-state index contributed by atoms with van der Waals surface area (Å²) >= 11 is 0. The molecule has 0 aliphatic carbocycles. The third kappa shape index (κ3) is 4.68. The molecule has 0 fully saturated rings. The van der Waals surface area contributed by atoms with E-state index in [2.05, 4.69) is 10.3 Å². The van der Waals surface area contributed by atoms with Gasteiger partial charge < -0.3 is 33.7 Å². The van der Waals surface area contributed by atoms with Crippen LogP contribution in [0.4, 0.5) is 5.69 Å². The van der Waals surface area contributed by atoms with Gasteiger partial charge in [0, 0.05) is 17.0 Å². The van der Waals surface area contributed by atoms with Gasteiger partial charge in [-0.2, -0.15) is 0 Å². The number of fused-ring (bicyclic) bond motifs is 2. The van der Waals surface area contributed by atoms with Crippen molar-refractivity contribution < 1.29 is 79.6 Å². The first-order chi connectivity index (χ1) is 16.0. The zero-order valence-electron chi connectivity index (χ0n) is 18.4. The molecule has 1 amide bonds. The summed E-state index contributed by atoms with van der Waals surface area (Å²) in [5, 5.41) is 4.62. The molecule has 166 valence electrons. The smallest absolute Gasteiger partial charge is 0.617 e. The van der Waals surface area contributed by atoms with E-state index in [4.69, 9.17) is 18.6 Å². The fraction of sp³-hybridized carbons (Fsp3) is 0.125. The van der Waals surface area contributed by atoms with Crippen LogP contribution in [0.25, 0.3) is 27.7 Å². The Labute approximate surface area is 235 Å². The summed E-state index contributed by atoms with van der Waals surface area (Å²) in [6, 6.07) is 14.7. The van der Waals surface area contributed by atoms with Crippen molar-refractivity contribution in [3.63, 3.8) is 0 Å². The van der Waals surface area contributed by atoms with E-state index in [9.17, 15) is 14.4 Å². The molecule has 34 heavy (non-hydrogen) atoms. The summed E-state index contributed by atoms with van der Waals surface area (Å²) in [6.45, 7) is 1.91. The largest absolute Gasteiger partial charge is 1.00 e. The van der Waals surface area contributed by atoms with Crippen LogP contribution >= 0.6 is 0 Å². The van der Waals surface area contributed by atoms with Crippen molar-refractivity contribution in [1.82, 2.24) is 4.98 Å². The zero-order chi connectivity index (χ0) is 22.9. The molecule has 2 aromatic carbocycles. The van der Waals surface area contributed by atoms with Gasteiger partial charge in [0.2, 0.25) is 6.79 Å². The SMILES string of the molecule is CCOC(=O)c1cc([N-]C(=O)c2ccccc2)c(=O)oc1-c1cc2cc3c(cc2[nH]1)OCO3.[K+]. The van der Waals surface area contributed by atoms with Crippen LogP contribution in [0.15, 0.2) is 63.8 Å². The molecule has 0 saturated carbocycles. The van der Waals surface area contributed by atoms with Crippen LogP contribution < -0.4 is 66.5 Å². The van der Waals surface area contributed by atoms with Crippen molar-refractivity contribution in [2.75, 3.05) is 13.4 Å². The summed E-state index contributed by atoms with van der Waals surface area (Å²) < 4.78 is 21.4. The van der Waals surface area contributed by atoms with E-state index < -0.39 is 17.5 Å². The Morgan fingerprint density at radius 1 is 1.06 bits per heavy atom. The molecule has 10 heteroatoms. The van der Waals surface area contributed by atoms with Crippen molar-refractivity contribution in [2.24, 2.45) is 0 Å². The van der Waals surface area contributed by atoms with Gasteiger partial charge in [-0.1, -0.05) is 36.4 Å². The first kappa shape index (κ1) is 24.2. The van der Waals surface area contributed by atoms with E-state index in [0.717, 1.165) is 5.39 Å². The van der Waals surface area contributed by atoms with Gasteiger partial charge in [-0.15, -0.1) is 0 Å². The molecule has 0 atom stereocenters. The van der Waals surface area contributed by atoms with Gasteiger partial charge in [0.25, 0.3) is 0 Å². The zero-order valence-corrected chi connectivity index (χ0v) is 21.5. The number of esters is 1. The van der Waals surface area contributed by atoms with Gasteiger partial charge in [0.05, 0.1) is 18.2 Å². The number of nitrogens with one attached hydrogen (secondary N) is 1. The minimum absolute atomic E-state index is 0. The molecule has 2 aromatic heterocycles.